The highest BCUT2D eigenvalue weighted by Gasteiger charge is 2.30. The van der Waals surface area contributed by atoms with Crippen molar-refractivity contribution in [2.75, 3.05) is 25.4 Å². The number of nitrogens with zero attached hydrogens (tertiary/aromatic N) is 1. The van der Waals surface area contributed by atoms with Crippen molar-refractivity contribution in [3.63, 3.8) is 0 Å². The van der Waals surface area contributed by atoms with Crippen molar-refractivity contribution in [3.8, 4) is 11.8 Å². The molecule has 0 bridgehead atoms. The highest BCUT2D eigenvalue weighted by atomic mass is 35.5. The summed E-state index contributed by atoms with van der Waals surface area (Å²) < 4.78 is 0.101. The van der Waals surface area contributed by atoms with Crippen LogP contribution < -0.4 is 5.73 Å². The van der Waals surface area contributed by atoms with Crippen LogP contribution in [0.4, 0.5) is 0 Å². The number of rotatable bonds is 1. The van der Waals surface area contributed by atoms with Crippen LogP contribution in [-0.4, -0.2) is 40.9 Å². The number of amides is 1. The molecule has 1 aliphatic rings. The molecule has 1 aromatic rings. The summed E-state index contributed by atoms with van der Waals surface area (Å²) in [4.78, 5) is 14.5. The molecule has 2 N–H and O–H groups in total. The van der Waals surface area contributed by atoms with Gasteiger partial charge in [0, 0.05) is 34.7 Å². The van der Waals surface area contributed by atoms with Gasteiger partial charge in [0.1, 0.15) is 0 Å². The molecule has 0 atom stereocenters. The number of hydrogen-bond donors (Lipinski definition) is 1. The zero-order chi connectivity index (χ0) is 15.5. The quantitative estimate of drug-likeness (QED) is 0.808. The van der Waals surface area contributed by atoms with E-state index in [1.165, 1.54) is 0 Å². The van der Waals surface area contributed by atoms with Crippen LogP contribution in [0.5, 0.6) is 0 Å². The Morgan fingerprint density at radius 2 is 2.29 bits per heavy atom. The maximum atomic E-state index is 12.6. The van der Waals surface area contributed by atoms with E-state index in [9.17, 15) is 4.79 Å². The van der Waals surface area contributed by atoms with Gasteiger partial charge in [0.05, 0.1) is 11.6 Å². The van der Waals surface area contributed by atoms with Gasteiger partial charge >= 0.3 is 0 Å². The van der Waals surface area contributed by atoms with Crippen molar-refractivity contribution in [1.82, 2.24) is 4.90 Å². The van der Waals surface area contributed by atoms with E-state index in [-0.39, 0.29) is 17.2 Å². The minimum Gasteiger partial charge on any atom is -0.336 e. The van der Waals surface area contributed by atoms with E-state index < -0.39 is 0 Å². The molecule has 0 unspecified atom stereocenters. The highest BCUT2D eigenvalue weighted by Crippen LogP contribution is 2.30. The summed E-state index contributed by atoms with van der Waals surface area (Å²) in [7, 11) is 0. The van der Waals surface area contributed by atoms with Crippen LogP contribution >= 0.6 is 23.4 Å². The third-order valence-corrected chi connectivity index (χ3v) is 4.86. The van der Waals surface area contributed by atoms with E-state index in [0.29, 0.717) is 16.1 Å². The summed E-state index contributed by atoms with van der Waals surface area (Å²) in [6.45, 7) is 6.14. The van der Waals surface area contributed by atoms with Crippen LogP contribution in [0.25, 0.3) is 0 Å². The van der Waals surface area contributed by atoms with Crippen LogP contribution in [-0.2, 0) is 0 Å². The number of nitrogens with two attached hydrogens (primary N) is 1. The fourth-order valence-electron chi connectivity index (χ4n) is 2.27. The molecule has 2 rings (SSSR count). The summed E-state index contributed by atoms with van der Waals surface area (Å²) in [5, 5.41) is 0.493. The lowest BCUT2D eigenvalue weighted by Crippen LogP contribution is -2.46. The van der Waals surface area contributed by atoms with Gasteiger partial charge < -0.3 is 10.6 Å². The van der Waals surface area contributed by atoms with Crippen molar-refractivity contribution in [1.29, 1.82) is 0 Å². The number of benzene rings is 1. The zero-order valence-corrected chi connectivity index (χ0v) is 13.9. The minimum absolute atomic E-state index is 0.0311. The molecule has 0 spiro atoms. The number of carbonyl (C=O) groups excluding carboxylic acids is 1. The molecular formula is C16H19ClN2OS. The van der Waals surface area contributed by atoms with Crippen molar-refractivity contribution in [3.05, 3.63) is 34.3 Å². The Balaban J connectivity index is 2.18. The van der Waals surface area contributed by atoms with Crippen LogP contribution in [0.15, 0.2) is 18.2 Å². The zero-order valence-electron chi connectivity index (χ0n) is 12.3. The molecule has 112 valence electrons. The van der Waals surface area contributed by atoms with Crippen molar-refractivity contribution in [2.24, 2.45) is 5.73 Å². The van der Waals surface area contributed by atoms with Gasteiger partial charge in [-0.25, -0.2) is 0 Å². The molecule has 1 aliphatic heterocycles. The maximum Gasteiger partial charge on any atom is 0.253 e. The van der Waals surface area contributed by atoms with E-state index in [0.717, 1.165) is 18.8 Å². The van der Waals surface area contributed by atoms with Crippen molar-refractivity contribution < 1.29 is 4.79 Å². The average Bonchev–Trinajstić information content (AvgIpc) is 2.44. The minimum atomic E-state index is 0.0311. The Hall–Kier alpha value is -1.15. The molecule has 0 aromatic heterocycles. The maximum absolute atomic E-state index is 12.6. The molecule has 1 fully saturated rings. The molecular weight excluding hydrogens is 304 g/mol. The molecule has 21 heavy (non-hydrogen) atoms. The molecule has 1 heterocycles. The van der Waals surface area contributed by atoms with Crippen LogP contribution in [0, 0.1) is 11.8 Å². The molecule has 0 aliphatic carbocycles. The van der Waals surface area contributed by atoms with E-state index in [4.69, 9.17) is 17.3 Å². The fourth-order valence-corrected chi connectivity index (χ4v) is 3.61. The molecule has 1 aromatic carbocycles. The fraction of sp³-hybridized carbons (Fsp3) is 0.438. The summed E-state index contributed by atoms with van der Waals surface area (Å²) in [6, 6.07) is 5.25. The van der Waals surface area contributed by atoms with Gasteiger partial charge in [0.25, 0.3) is 5.91 Å². The Morgan fingerprint density at radius 1 is 1.52 bits per heavy atom. The van der Waals surface area contributed by atoms with Gasteiger partial charge in [-0.1, -0.05) is 23.4 Å². The van der Waals surface area contributed by atoms with Crippen molar-refractivity contribution >= 4 is 29.3 Å². The molecule has 0 radical (unpaired) electrons. The predicted molar refractivity (Wildman–Crippen MR) is 89.8 cm³/mol. The third-order valence-electron chi connectivity index (χ3n) is 3.25. The lowest BCUT2D eigenvalue weighted by molar-refractivity contribution is 0.0748. The SMILES string of the molecule is CC1(C)CN(C(=O)c2ccc(C#CCN)c(Cl)c2)CCS1. The third kappa shape index (κ3) is 4.16. The lowest BCUT2D eigenvalue weighted by atomic mass is 10.1. The Labute approximate surface area is 135 Å². The first-order valence-corrected chi connectivity index (χ1v) is 8.21. The van der Waals surface area contributed by atoms with Crippen LogP contribution in [0.1, 0.15) is 29.8 Å². The second-order valence-corrected chi connectivity index (χ2v) is 7.74. The van der Waals surface area contributed by atoms with Crippen molar-refractivity contribution in [2.45, 2.75) is 18.6 Å². The summed E-state index contributed by atoms with van der Waals surface area (Å²) in [5.74, 6) is 6.66. The average molecular weight is 323 g/mol. The lowest BCUT2D eigenvalue weighted by Gasteiger charge is -2.37. The summed E-state index contributed by atoms with van der Waals surface area (Å²) in [6.07, 6.45) is 0. The Morgan fingerprint density at radius 3 is 2.90 bits per heavy atom. The van der Waals surface area contributed by atoms with E-state index in [1.807, 2.05) is 16.7 Å². The molecule has 3 nitrogen and oxygen atoms in total. The number of halogens is 1. The Kier molecular flexibility index (Phi) is 5.21. The van der Waals surface area contributed by atoms with Gasteiger partial charge in [0.15, 0.2) is 0 Å². The van der Waals surface area contributed by atoms with E-state index >= 15 is 0 Å². The van der Waals surface area contributed by atoms with Gasteiger partial charge in [-0.15, -0.1) is 0 Å². The largest absolute Gasteiger partial charge is 0.336 e. The monoisotopic (exact) mass is 322 g/mol. The predicted octanol–water partition coefficient (Wildman–Crippen LogP) is 2.62. The first kappa shape index (κ1) is 16.2. The number of thioether (sulfide) groups is 1. The first-order chi connectivity index (χ1) is 9.93. The Bertz CT molecular complexity index is 604. The summed E-state index contributed by atoms with van der Waals surface area (Å²) >= 11 is 8.09. The van der Waals surface area contributed by atoms with Gasteiger partial charge in [-0.05, 0) is 32.0 Å². The van der Waals surface area contributed by atoms with E-state index in [2.05, 4.69) is 25.7 Å². The standard InChI is InChI=1S/C16H19ClN2OS/c1-16(2)11-19(8-9-21-16)15(20)13-6-5-12(4-3-7-18)14(17)10-13/h5-6,10H,7-9,11,18H2,1-2H3. The van der Waals surface area contributed by atoms with Crippen LogP contribution in [0.2, 0.25) is 5.02 Å². The van der Waals surface area contributed by atoms with Crippen LogP contribution in [0.3, 0.4) is 0 Å². The highest BCUT2D eigenvalue weighted by molar-refractivity contribution is 8.00. The van der Waals surface area contributed by atoms with Gasteiger partial charge in [-0.2, -0.15) is 11.8 Å². The first-order valence-electron chi connectivity index (χ1n) is 6.85. The molecule has 0 saturated carbocycles. The molecule has 5 heteroatoms. The van der Waals surface area contributed by atoms with E-state index in [1.54, 1.807) is 18.2 Å². The molecule has 1 amide bonds. The van der Waals surface area contributed by atoms with Gasteiger partial charge in [-0.3, -0.25) is 4.79 Å². The normalized spacial score (nSPS) is 17.0. The second kappa shape index (κ2) is 6.74. The molecule has 1 saturated heterocycles. The summed E-state index contributed by atoms with van der Waals surface area (Å²) in [5.41, 5.74) is 6.66. The van der Waals surface area contributed by atoms with Gasteiger partial charge in [0.2, 0.25) is 0 Å². The smallest absolute Gasteiger partial charge is 0.253 e. The second-order valence-electron chi connectivity index (χ2n) is 5.54. The number of hydrogen-bond acceptors (Lipinski definition) is 3. The number of carbonyl (C=O) groups is 1. The topological polar surface area (TPSA) is 46.3 Å².